The van der Waals surface area contributed by atoms with Gasteiger partial charge in [0.05, 0.1) is 9.79 Å². The van der Waals surface area contributed by atoms with Crippen LogP contribution in [0, 0.1) is 36.5 Å². The van der Waals surface area contributed by atoms with E-state index in [-0.39, 0.29) is 20.9 Å². The summed E-state index contributed by atoms with van der Waals surface area (Å²) in [7, 11) is -8.03. The van der Waals surface area contributed by atoms with Crippen molar-refractivity contribution in [2.24, 2.45) is 0 Å². The molecular weight excluding hydrogens is 544 g/mol. The lowest BCUT2D eigenvalue weighted by molar-refractivity contribution is 0.599. The van der Waals surface area contributed by atoms with Gasteiger partial charge in [0.25, 0.3) is 20.0 Å². The Balaban J connectivity index is 1.60. The van der Waals surface area contributed by atoms with Crippen LogP contribution in [0.25, 0.3) is 16.7 Å². The predicted molar refractivity (Wildman–Crippen MR) is 153 cm³/mol. The number of benzene rings is 4. The van der Waals surface area contributed by atoms with E-state index < -0.39 is 20.0 Å². The molecule has 0 fully saturated rings. The fourth-order valence-electron chi connectivity index (χ4n) is 4.66. The van der Waals surface area contributed by atoms with Gasteiger partial charge in [0.1, 0.15) is 17.7 Å². The first kappa shape index (κ1) is 26.7. The summed E-state index contributed by atoms with van der Waals surface area (Å²) in [5, 5.41) is 19.5. The van der Waals surface area contributed by atoms with Gasteiger partial charge in [-0.15, -0.1) is 0 Å². The van der Waals surface area contributed by atoms with Gasteiger partial charge in [-0.2, -0.15) is 10.5 Å². The van der Waals surface area contributed by atoms with Gasteiger partial charge in [-0.1, -0.05) is 36.4 Å². The number of hydrogen-bond acceptors (Lipinski definition) is 6. The van der Waals surface area contributed by atoms with Gasteiger partial charge in [0.15, 0.2) is 0 Å². The maximum atomic E-state index is 13.2. The number of aryl methyl sites for hydroxylation is 2. The molecule has 1 aliphatic carbocycles. The van der Waals surface area contributed by atoms with Gasteiger partial charge in [-0.3, -0.25) is 9.44 Å². The van der Waals surface area contributed by atoms with Crippen molar-refractivity contribution < 1.29 is 16.8 Å². The molecule has 10 heteroatoms. The maximum absolute atomic E-state index is 13.2. The molecule has 198 valence electrons. The van der Waals surface area contributed by atoms with Crippen molar-refractivity contribution >= 4 is 37.0 Å². The second-order valence-corrected chi connectivity index (χ2v) is 12.7. The Bertz CT molecular complexity index is 1890. The van der Waals surface area contributed by atoms with E-state index in [1.165, 1.54) is 24.3 Å². The van der Waals surface area contributed by atoms with Gasteiger partial charge in [-0.25, -0.2) is 16.8 Å². The van der Waals surface area contributed by atoms with Gasteiger partial charge in [0, 0.05) is 16.9 Å². The second-order valence-electron chi connectivity index (χ2n) is 9.34. The van der Waals surface area contributed by atoms with Gasteiger partial charge in [0.2, 0.25) is 0 Å². The first-order chi connectivity index (χ1) is 19.0. The lowest BCUT2D eigenvalue weighted by Crippen LogP contribution is -2.13. The van der Waals surface area contributed by atoms with Crippen molar-refractivity contribution in [3.63, 3.8) is 0 Å². The molecule has 1 aliphatic rings. The maximum Gasteiger partial charge on any atom is 0.261 e. The Morgan fingerprint density at radius 1 is 0.600 bits per heavy atom. The fraction of sp³-hybridized carbons (Fsp3) is 0.0667. The van der Waals surface area contributed by atoms with E-state index in [0.29, 0.717) is 33.6 Å². The molecule has 8 nitrogen and oxygen atoms in total. The molecular formula is C30H22N4O4S2. The van der Waals surface area contributed by atoms with Crippen molar-refractivity contribution in [1.82, 2.24) is 0 Å². The number of nitriles is 2. The van der Waals surface area contributed by atoms with Crippen molar-refractivity contribution in [3.8, 4) is 23.3 Å². The molecule has 0 saturated heterocycles. The smallest absolute Gasteiger partial charge is 0.261 e. The number of anilines is 2. The van der Waals surface area contributed by atoms with E-state index in [1.54, 1.807) is 48.5 Å². The minimum atomic E-state index is -4.02. The summed E-state index contributed by atoms with van der Waals surface area (Å²) in [6.07, 6.45) is 0. The van der Waals surface area contributed by atoms with Gasteiger partial charge < -0.3 is 0 Å². The van der Waals surface area contributed by atoms with E-state index in [0.717, 1.165) is 11.1 Å². The van der Waals surface area contributed by atoms with E-state index in [2.05, 4.69) is 9.44 Å². The lowest BCUT2D eigenvalue weighted by atomic mass is 9.99. The summed E-state index contributed by atoms with van der Waals surface area (Å²) in [6.45, 7) is 3.69. The summed E-state index contributed by atoms with van der Waals surface area (Å²) < 4.78 is 58.1. The largest absolute Gasteiger partial charge is 0.280 e. The number of nitrogens with one attached hydrogen (secondary N) is 2. The van der Waals surface area contributed by atoms with Crippen molar-refractivity contribution in [1.29, 1.82) is 10.5 Å². The summed E-state index contributed by atoms with van der Waals surface area (Å²) in [6, 6.07) is 26.4. The molecule has 0 aromatic heterocycles. The van der Waals surface area contributed by atoms with Crippen LogP contribution in [0.3, 0.4) is 0 Å². The summed E-state index contributed by atoms with van der Waals surface area (Å²) in [5.74, 6) is 0. The number of hydrogen-bond donors (Lipinski definition) is 2. The zero-order chi connectivity index (χ0) is 28.7. The number of fused-ring (bicyclic) bond motifs is 3. The van der Waals surface area contributed by atoms with Crippen LogP contribution in [0.1, 0.15) is 22.3 Å². The van der Waals surface area contributed by atoms with Crippen LogP contribution in [0.15, 0.2) is 100 Å². The quantitative estimate of drug-likeness (QED) is 0.251. The molecule has 4 aromatic rings. The summed E-state index contributed by atoms with van der Waals surface area (Å²) in [5.41, 5.74) is 4.32. The number of allylic oxidation sites excluding steroid dienone is 1. The van der Waals surface area contributed by atoms with Crippen LogP contribution in [-0.2, 0) is 20.0 Å². The molecule has 0 aliphatic heterocycles. The monoisotopic (exact) mass is 566 g/mol. The molecule has 0 unspecified atom stereocenters. The SMILES string of the molecule is Cc1cccc(NS(=O)(=O)c2ccc3c(c2)C(=C(C#N)C#N)c2cc(S(=O)(=O)Nc4cccc(C)c4)ccc2-3)c1. The minimum Gasteiger partial charge on any atom is -0.280 e. The molecule has 0 radical (unpaired) electrons. The number of sulfonamides is 2. The van der Waals surface area contributed by atoms with Crippen molar-refractivity contribution in [2.75, 3.05) is 9.44 Å². The van der Waals surface area contributed by atoms with Crippen molar-refractivity contribution in [2.45, 2.75) is 23.6 Å². The molecule has 0 bridgehead atoms. The highest BCUT2D eigenvalue weighted by Crippen LogP contribution is 2.47. The lowest BCUT2D eigenvalue weighted by Gasteiger charge is -2.11. The highest BCUT2D eigenvalue weighted by molar-refractivity contribution is 7.93. The van der Waals surface area contributed by atoms with Crippen LogP contribution in [-0.4, -0.2) is 16.8 Å². The molecule has 0 spiro atoms. The van der Waals surface area contributed by atoms with Crippen LogP contribution < -0.4 is 9.44 Å². The van der Waals surface area contributed by atoms with Gasteiger partial charge in [-0.05, 0) is 95.8 Å². The van der Waals surface area contributed by atoms with Crippen LogP contribution in [0.5, 0.6) is 0 Å². The average molecular weight is 567 g/mol. The Morgan fingerprint density at radius 2 is 1.02 bits per heavy atom. The topological polar surface area (TPSA) is 140 Å². The zero-order valence-electron chi connectivity index (χ0n) is 21.4. The highest BCUT2D eigenvalue weighted by atomic mass is 32.2. The summed E-state index contributed by atoms with van der Waals surface area (Å²) in [4.78, 5) is -0.135. The fourth-order valence-corrected chi connectivity index (χ4v) is 6.81. The van der Waals surface area contributed by atoms with Gasteiger partial charge >= 0.3 is 0 Å². The molecule has 0 amide bonds. The Hall–Kier alpha value is -4.90. The Kier molecular flexibility index (Phi) is 6.68. The molecule has 40 heavy (non-hydrogen) atoms. The molecule has 4 aromatic carbocycles. The molecule has 0 saturated carbocycles. The molecule has 0 heterocycles. The third-order valence-electron chi connectivity index (χ3n) is 6.45. The molecule has 0 atom stereocenters. The third kappa shape index (κ3) is 4.94. The van der Waals surface area contributed by atoms with E-state index in [1.807, 2.05) is 38.1 Å². The first-order valence-electron chi connectivity index (χ1n) is 12.0. The van der Waals surface area contributed by atoms with Crippen LogP contribution >= 0.6 is 0 Å². The molecule has 2 N–H and O–H groups in total. The minimum absolute atomic E-state index is 0.0674. The standard InChI is InChI=1S/C30H22N4O4S2/c1-19-5-3-7-22(13-19)33-39(35,36)24-9-11-26-27-12-10-25(40(37,38)34-23-8-4-6-20(2)14-23)16-29(27)30(28(26)15-24)21(17-31)18-32/h3-16,33-34H,1-2H3. The second kappa shape index (κ2) is 10.0. The van der Waals surface area contributed by atoms with Crippen LogP contribution in [0.2, 0.25) is 0 Å². The first-order valence-corrected chi connectivity index (χ1v) is 15.0. The third-order valence-corrected chi connectivity index (χ3v) is 9.20. The number of nitrogens with zero attached hydrogens (tertiary/aromatic N) is 2. The van der Waals surface area contributed by atoms with E-state index in [9.17, 15) is 27.4 Å². The molecule has 5 rings (SSSR count). The Morgan fingerprint density at radius 3 is 1.40 bits per heavy atom. The van der Waals surface area contributed by atoms with Crippen LogP contribution in [0.4, 0.5) is 11.4 Å². The normalized spacial score (nSPS) is 12.1. The number of rotatable bonds is 6. The predicted octanol–water partition coefficient (Wildman–Crippen LogP) is 5.73. The Labute approximate surface area is 233 Å². The zero-order valence-corrected chi connectivity index (χ0v) is 23.1. The van der Waals surface area contributed by atoms with E-state index in [4.69, 9.17) is 0 Å². The van der Waals surface area contributed by atoms with E-state index >= 15 is 0 Å². The highest BCUT2D eigenvalue weighted by Gasteiger charge is 2.30. The summed E-state index contributed by atoms with van der Waals surface area (Å²) >= 11 is 0. The van der Waals surface area contributed by atoms with Crippen molar-refractivity contribution in [3.05, 3.63) is 113 Å². The average Bonchev–Trinajstić information content (AvgIpc) is 3.22.